The lowest BCUT2D eigenvalue weighted by Crippen LogP contribution is -2.42. The van der Waals surface area contributed by atoms with Crippen molar-refractivity contribution in [2.75, 3.05) is 26.2 Å². The number of H-pyrrole nitrogens is 1. The third kappa shape index (κ3) is 3.07. The molecule has 2 aromatic heterocycles. The number of halogens is 1. The van der Waals surface area contributed by atoms with Gasteiger partial charge in [0.15, 0.2) is 11.5 Å². The molecule has 4 aromatic rings. The number of aromatic amines is 1. The van der Waals surface area contributed by atoms with Gasteiger partial charge in [0.25, 0.3) is 0 Å². The Balaban J connectivity index is 1.17. The number of thiophene rings is 1. The number of hydrogen-bond donors (Lipinski definition) is 1. The molecule has 152 valence electrons. The second-order valence-corrected chi connectivity index (χ2v) is 8.82. The first kappa shape index (κ1) is 18.0. The Kier molecular flexibility index (Phi) is 4.28. The maximum Gasteiger partial charge on any atom is 0.171 e. The topological polar surface area (TPSA) is 37.5 Å². The predicted octanol–water partition coefficient (Wildman–Crippen LogP) is 5.45. The Hall–Kier alpha value is -2.83. The lowest BCUT2D eigenvalue weighted by Gasteiger charge is -2.33. The van der Waals surface area contributed by atoms with Crippen molar-refractivity contribution >= 4 is 37.9 Å². The van der Waals surface area contributed by atoms with E-state index in [0.717, 1.165) is 58.5 Å². The number of hydrogen-bond acceptors (Lipinski definition) is 4. The highest BCUT2D eigenvalue weighted by atomic mass is 32.1. The molecule has 6 heteroatoms. The van der Waals surface area contributed by atoms with Crippen molar-refractivity contribution in [3.8, 4) is 11.5 Å². The summed E-state index contributed by atoms with van der Waals surface area (Å²) in [6.07, 6.45) is 5.16. The normalized spacial score (nSPS) is 19.4. The molecule has 2 aliphatic heterocycles. The quantitative estimate of drug-likeness (QED) is 0.479. The van der Waals surface area contributed by atoms with Gasteiger partial charge in [-0.15, -0.1) is 11.3 Å². The van der Waals surface area contributed by atoms with Gasteiger partial charge in [-0.3, -0.25) is 4.90 Å². The Morgan fingerprint density at radius 1 is 1.17 bits per heavy atom. The zero-order valence-electron chi connectivity index (χ0n) is 16.4. The van der Waals surface area contributed by atoms with Crippen molar-refractivity contribution in [2.24, 2.45) is 0 Å². The van der Waals surface area contributed by atoms with Crippen LogP contribution in [0.25, 0.3) is 26.6 Å². The zero-order valence-corrected chi connectivity index (χ0v) is 17.2. The summed E-state index contributed by atoms with van der Waals surface area (Å²) in [5.74, 6) is 1.48. The van der Waals surface area contributed by atoms with E-state index in [-0.39, 0.29) is 11.9 Å². The number of aromatic nitrogens is 1. The van der Waals surface area contributed by atoms with Crippen molar-refractivity contribution in [1.82, 2.24) is 9.88 Å². The Bertz CT molecular complexity index is 1270. The van der Waals surface area contributed by atoms with E-state index in [0.29, 0.717) is 6.61 Å². The van der Waals surface area contributed by atoms with E-state index in [1.165, 1.54) is 17.2 Å². The van der Waals surface area contributed by atoms with Gasteiger partial charge in [-0.1, -0.05) is 6.08 Å². The zero-order chi connectivity index (χ0) is 20.1. The van der Waals surface area contributed by atoms with Crippen LogP contribution in [0.5, 0.6) is 11.5 Å². The van der Waals surface area contributed by atoms with Crippen LogP contribution < -0.4 is 9.47 Å². The molecule has 0 radical (unpaired) electrons. The summed E-state index contributed by atoms with van der Waals surface area (Å²) in [5, 5.41) is 4.24. The van der Waals surface area contributed by atoms with Crippen LogP contribution in [0.1, 0.15) is 12.0 Å². The van der Waals surface area contributed by atoms with Gasteiger partial charge in [-0.25, -0.2) is 4.39 Å². The fraction of sp³-hybridized carbons (Fsp3) is 0.250. The highest BCUT2D eigenvalue weighted by Crippen LogP contribution is 2.39. The summed E-state index contributed by atoms with van der Waals surface area (Å²) in [6.45, 7) is 3.20. The minimum atomic E-state index is -0.175. The third-order valence-corrected chi connectivity index (χ3v) is 6.96. The molecule has 2 aliphatic rings. The second-order valence-electron chi connectivity index (χ2n) is 7.91. The van der Waals surface area contributed by atoms with Gasteiger partial charge in [-0.05, 0) is 59.3 Å². The molecular weight excluding hydrogens is 399 g/mol. The van der Waals surface area contributed by atoms with Crippen molar-refractivity contribution in [1.29, 1.82) is 0 Å². The molecule has 4 nitrogen and oxygen atoms in total. The summed E-state index contributed by atoms with van der Waals surface area (Å²) < 4.78 is 27.2. The Labute approximate surface area is 177 Å². The van der Waals surface area contributed by atoms with Crippen LogP contribution in [-0.4, -0.2) is 42.2 Å². The number of ether oxygens (including phenoxy) is 2. The summed E-state index contributed by atoms with van der Waals surface area (Å²) in [4.78, 5) is 5.62. The molecule has 1 N–H and O–H groups in total. The summed E-state index contributed by atoms with van der Waals surface area (Å²) in [7, 11) is 0. The fourth-order valence-corrected chi connectivity index (χ4v) is 5.42. The van der Waals surface area contributed by atoms with E-state index in [4.69, 9.17) is 9.47 Å². The fourth-order valence-electron chi connectivity index (χ4n) is 4.45. The first-order chi connectivity index (χ1) is 14.7. The van der Waals surface area contributed by atoms with E-state index >= 15 is 0 Å². The van der Waals surface area contributed by atoms with E-state index in [1.54, 1.807) is 17.4 Å². The molecule has 0 saturated carbocycles. The molecule has 0 saturated heterocycles. The molecule has 0 aliphatic carbocycles. The highest BCUT2D eigenvalue weighted by Gasteiger charge is 2.26. The molecule has 1 unspecified atom stereocenters. The van der Waals surface area contributed by atoms with Crippen molar-refractivity contribution in [2.45, 2.75) is 12.5 Å². The second kappa shape index (κ2) is 7.15. The highest BCUT2D eigenvalue weighted by molar-refractivity contribution is 7.17. The van der Waals surface area contributed by atoms with Crippen LogP contribution in [-0.2, 0) is 0 Å². The molecule has 4 heterocycles. The first-order valence-electron chi connectivity index (χ1n) is 10.2. The van der Waals surface area contributed by atoms with Gasteiger partial charge in [0, 0.05) is 46.8 Å². The molecule has 0 spiro atoms. The Morgan fingerprint density at radius 2 is 2.13 bits per heavy atom. The standard InChI is InChI=1S/C24H21FN2O2S/c25-16-1-4-23-19(11-16)20(14-30-23)15-6-9-27(10-7-15)12-17-13-28-22-3-2-21-18(5-8-26-21)24(22)29-17/h1-6,8,11,14,17,26H,7,9-10,12-13H2. The lowest BCUT2D eigenvalue weighted by molar-refractivity contribution is 0.0633. The largest absolute Gasteiger partial charge is 0.486 e. The van der Waals surface area contributed by atoms with Crippen LogP contribution in [0.3, 0.4) is 0 Å². The van der Waals surface area contributed by atoms with E-state index in [2.05, 4.69) is 21.3 Å². The van der Waals surface area contributed by atoms with Crippen LogP contribution in [0.4, 0.5) is 4.39 Å². The lowest BCUT2D eigenvalue weighted by atomic mass is 9.98. The van der Waals surface area contributed by atoms with Crippen molar-refractivity contribution < 1.29 is 13.9 Å². The number of nitrogens with one attached hydrogen (secondary N) is 1. The van der Waals surface area contributed by atoms with E-state index < -0.39 is 0 Å². The summed E-state index contributed by atoms with van der Waals surface area (Å²) in [5.41, 5.74) is 3.54. The van der Waals surface area contributed by atoms with Gasteiger partial charge in [0.2, 0.25) is 0 Å². The minimum Gasteiger partial charge on any atom is -0.486 e. The summed E-state index contributed by atoms with van der Waals surface area (Å²) >= 11 is 1.68. The van der Waals surface area contributed by atoms with Gasteiger partial charge in [0.1, 0.15) is 18.5 Å². The number of rotatable bonds is 3. The SMILES string of the molecule is Fc1ccc2scc(C3=CCN(CC4COc5ccc6[nH]ccc6c5O4)CC3)c2c1. The minimum absolute atomic E-state index is 0.00373. The van der Waals surface area contributed by atoms with Gasteiger partial charge >= 0.3 is 0 Å². The molecule has 2 aromatic carbocycles. The van der Waals surface area contributed by atoms with Gasteiger partial charge in [-0.2, -0.15) is 0 Å². The monoisotopic (exact) mass is 420 g/mol. The van der Waals surface area contributed by atoms with Gasteiger partial charge in [0.05, 0.1) is 0 Å². The number of nitrogens with zero attached hydrogens (tertiary/aromatic N) is 1. The molecular formula is C24H21FN2O2S. The smallest absolute Gasteiger partial charge is 0.171 e. The van der Waals surface area contributed by atoms with E-state index in [1.807, 2.05) is 30.5 Å². The summed E-state index contributed by atoms with van der Waals surface area (Å²) in [6, 6.07) is 11.1. The predicted molar refractivity (Wildman–Crippen MR) is 119 cm³/mol. The molecule has 0 amide bonds. The van der Waals surface area contributed by atoms with Crippen molar-refractivity contribution in [3.63, 3.8) is 0 Å². The van der Waals surface area contributed by atoms with Crippen LogP contribution in [0, 0.1) is 5.82 Å². The maximum absolute atomic E-state index is 13.7. The average molecular weight is 421 g/mol. The van der Waals surface area contributed by atoms with Crippen molar-refractivity contribution in [3.05, 3.63) is 65.4 Å². The van der Waals surface area contributed by atoms with E-state index in [9.17, 15) is 4.39 Å². The van der Waals surface area contributed by atoms with Gasteiger partial charge < -0.3 is 14.5 Å². The molecule has 0 bridgehead atoms. The molecule has 30 heavy (non-hydrogen) atoms. The van der Waals surface area contributed by atoms with Crippen LogP contribution in [0.2, 0.25) is 0 Å². The average Bonchev–Trinajstić information content (AvgIpc) is 3.41. The molecule has 6 rings (SSSR count). The number of benzene rings is 2. The molecule has 0 fully saturated rings. The maximum atomic E-state index is 13.7. The molecule has 1 atom stereocenters. The first-order valence-corrected chi connectivity index (χ1v) is 11.1. The van der Waals surface area contributed by atoms with Crippen LogP contribution in [0.15, 0.2) is 54.1 Å². The van der Waals surface area contributed by atoms with Crippen LogP contribution >= 0.6 is 11.3 Å². The number of fused-ring (bicyclic) bond motifs is 4. The third-order valence-electron chi connectivity index (χ3n) is 5.99. The Morgan fingerprint density at radius 3 is 3.03 bits per heavy atom.